The fourth-order valence-corrected chi connectivity index (χ4v) is 2.93. The van der Waals surface area contributed by atoms with Gasteiger partial charge in [-0.05, 0) is 36.5 Å². The number of benzene rings is 1. The summed E-state index contributed by atoms with van der Waals surface area (Å²) in [5.74, 6) is 0.950. The number of carbonyl (C=O) groups is 2. The first kappa shape index (κ1) is 21.2. The Hall–Kier alpha value is -2.08. The van der Waals surface area contributed by atoms with Gasteiger partial charge in [0, 0.05) is 19.7 Å². The first-order valence-electron chi connectivity index (χ1n) is 9.66. The third kappa shape index (κ3) is 7.59. The highest BCUT2D eigenvalue weighted by Gasteiger charge is 2.23. The van der Waals surface area contributed by atoms with E-state index in [0.29, 0.717) is 32.0 Å². The average Bonchev–Trinajstić information content (AvgIpc) is 3.17. The number of nitrogens with zero attached hydrogens (tertiary/aromatic N) is 1. The van der Waals surface area contributed by atoms with Crippen molar-refractivity contribution in [3.05, 3.63) is 29.8 Å². The van der Waals surface area contributed by atoms with Crippen LogP contribution in [0.1, 0.15) is 38.7 Å². The van der Waals surface area contributed by atoms with Crippen LogP contribution in [0.3, 0.4) is 0 Å². The van der Waals surface area contributed by atoms with Crippen LogP contribution in [0.5, 0.6) is 5.75 Å². The third-order valence-electron chi connectivity index (χ3n) is 4.48. The Morgan fingerprint density at radius 2 is 2.00 bits per heavy atom. The van der Waals surface area contributed by atoms with E-state index < -0.39 is 0 Å². The molecule has 150 valence electrons. The van der Waals surface area contributed by atoms with Crippen LogP contribution in [-0.2, 0) is 25.5 Å². The van der Waals surface area contributed by atoms with Crippen LogP contribution in [0, 0.1) is 5.92 Å². The predicted octanol–water partition coefficient (Wildman–Crippen LogP) is 2.83. The highest BCUT2D eigenvalue weighted by Crippen LogP contribution is 2.17. The molecule has 1 aliphatic heterocycles. The van der Waals surface area contributed by atoms with Crippen LogP contribution in [0.4, 0.5) is 0 Å². The fourth-order valence-electron chi connectivity index (χ4n) is 2.93. The summed E-state index contributed by atoms with van der Waals surface area (Å²) in [6, 6.07) is 7.62. The van der Waals surface area contributed by atoms with Crippen molar-refractivity contribution in [1.82, 2.24) is 4.90 Å². The molecule has 0 radical (unpaired) electrons. The molecule has 1 aromatic carbocycles. The van der Waals surface area contributed by atoms with Crippen molar-refractivity contribution >= 4 is 11.9 Å². The van der Waals surface area contributed by atoms with Gasteiger partial charge in [0.05, 0.1) is 32.7 Å². The first-order chi connectivity index (χ1) is 13.0. The topological polar surface area (TPSA) is 65.1 Å². The summed E-state index contributed by atoms with van der Waals surface area (Å²) in [5, 5.41) is 0. The molecule has 1 fully saturated rings. The maximum Gasteiger partial charge on any atom is 0.307 e. The molecule has 0 aromatic heterocycles. The first-order valence-corrected chi connectivity index (χ1v) is 9.66. The van der Waals surface area contributed by atoms with Crippen molar-refractivity contribution in [1.29, 1.82) is 0 Å². The zero-order chi connectivity index (χ0) is 19.6. The van der Waals surface area contributed by atoms with Gasteiger partial charge in [-0.3, -0.25) is 9.59 Å². The number of methoxy groups -OCH3 is 1. The lowest BCUT2D eigenvalue weighted by Gasteiger charge is -2.25. The zero-order valence-electron chi connectivity index (χ0n) is 16.6. The second-order valence-electron chi connectivity index (χ2n) is 7.33. The largest absolute Gasteiger partial charge is 0.493 e. The molecule has 1 aromatic rings. The van der Waals surface area contributed by atoms with E-state index in [1.54, 1.807) is 4.90 Å². The lowest BCUT2D eigenvalue weighted by Crippen LogP contribution is -2.39. The van der Waals surface area contributed by atoms with Crippen LogP contribution in [-0.4, -0.2) is 56.3 Å². The molecule has 0 spiro atoms. The summed E-state index contributed by atoms with van der Waals surface area (Å²) >= 11 is 0. The van der Waals surface area contributed by atoms with Crippen LogP contribution < -0.4 is 4.74 Å². The molecule has 6 nitrogen and oxygen atoms in total. The van der Waals surface area contributed by atoms with Gasteiger partial charge in [0.15, 0.2) is 0 Å². The van der Waals surface area contributed by atoms with Gasteiger partial charge in [-0.25, -0.2) is 0 Å². The van der Waals surface area contributed by atoms with Gasteiger partial charge in [-0.15, -0.1) is 0 Å². The Morgan fingerprint density at radius 3 is 2.59 bits per heavy atom. The summed E-state index contributed by atoms with van der Waals surface area (Å²) in [6.07, 6.45) is 2.50. The van der Waals surface area contributed by atoms with Crippen molar-refractivity contribution in [2.75, 3.05) is 33.4 Å². The van der Waals surface area contributed by atoms with Gasteiger partial charge >= 0.3 is 5.97 Å². The predicted molar refractivity (Wildman–Crippen MR) is 103 cm³/mol. The van der Waals surface area contributed by atoms with Gasteiger partial charge < -0.3 is 19.1 Å². The van der Waals surface area contributed by atoms with Gasteiger partial charge in [0.1, 0.15) is 5.75 Å². The summed E-state index contributed by atoms with van der Waals surface area (Å²) in [6.45, 7) is 6.48. The Labute approximate surface area is 161 Å². The van der Waals surface area contributed by atoms with Crippen LogP contribution in [0.2, 0.25) is 0 Å². The van der Waals surface area contributed by atoms with Crippen LogP contribution in [0.15, 0.2) is 24.3 Å². The zero-order valence-corrected chi connectivity index (χ0v) is 16.6. The second kappa shape index (κ2) is 10.9. The molecular formula is C21H31NO5. The second-order valence-corrected chi connectivity index (χ2v) is 7.33. The lowest BCUT2D eigenvalue weighted by molar-refractivity contribution is -0.142. The molecule has 0 saturated carbocycles. The minimum Gasteiger partial charge on any atom is -0.493 e. The SMILES string of the molecule is COC(=O)CCN(C[C@H]1CCCO1)C(=O)Cc1ccc(OCC(C)C)cc1. The number of hydrogen-bond donors (Lipinski definition) is 0. The standard InChI is InChI=1S/C21H31NO5/c1-16(2)15-27-18-8-6-17(7-9-18)13-20(23)22(11-10-21(24)25-3)14-19-5-4-12-26-19/h6-9,16,19H,4-5,10-15H2,1-3H3/t19-/m1/s1. The number of hydrogen-bond acceptors (Lipinski definition) is 5. The number of carbonyl (C=O) groups excluding carboxylic acids is 2. The van der Waals surface area contributed by atoms with E-state index in [2.05, 4.69) is 13.8 Å². The van der Waals surface area contributed by atoms with Gasteiger partial charge in [0.25, 0.3) is 0 Å². The fraction of sp³-hybridized carbons (Fsp3) is 0.619. The van der Waals surface area contributed by atoms with E-state index in [-0.39, 0.29) is 24.4 Å². The quantitative estimate of drug-likeness (QED) is 0.587. The molecule has 1 atom stereocenters. The summed E-state index contributed by atoms with van der Waals surface area (Å²) in [7, 11) is 1.36. The summed E-state index contributed by atoms with van der Waals surface area (Å²) in [4.78, 5) is 26.0. The van der Waals surface area contributed by atoms with E-state index >= 15 is 0 Å². The average molecular weight is 377 g/mol. The Kier molecular flexibility index (Phi) is 8.58. The molecule has 6 heteroatoms. The molecule has 1 aliphatic rings. The molecule has 1 saturated heterocycles. The Morgan fingerprint density at radius 1 is 1.26 bits per heavy atom. The molecule has 0 unspecified atom stereocenters. The lowest BCUT2D eigenvalue weighted by atomic mass is 10.1. The Balaban J connectivity index is 1.93. The number of ether oxygens (including phenoxy) is 3. The highest BCUT2D eigenvalue weighted by atomic mass is 16.5. The normalized spacial score (nSPS) is 16.4. The van der Waals surface area contributed by atoms with E-state index in [1.807, 2.05) is 24.3 Å². The van der Waals surface area contributed by atoms with Crippen LogP contribution >= 0.6 is 0 Å². The smallest absolute Gasteiger partial charge is 0.307 e. The molecule has 0 N–H and O–H groups in total. The van der Waals surface area contributed by atoms with Crippen LogP contribution in [0.25, 0.3) is 0 Å². The van der Waals surface area contributed by atoms with E-state index in [1.165, 1.54) is 7.11 Å². The minimum absolute atomic E-state index is 0.00903. The minimum atomic E-state index is -0.313. The van der Waals surface area contributed by atoms with Gasteiger partial charge in [-0.1, -0.05) is 26.0 Å². The molecular weight excluding hydrogens is 346 g/mol. The highest BCUT2D eigenvalue weighted by molar-refractivity contribution is 5.79. The number of amides is 1. The number of esters is 1. The maximum atomic E-state index is 12.8. The Bertz CT molecular complexity index is 593. The maximum absolute atomic E-state index is 12.8. The van der Waals surface area contributed by atoms with Crippen molar-refractivity contribution in [3.63, 3.8) is 0 Å². The van der Waals surface area contributed by atoms with E-state index in [0.717, 1.165) is 30.8 Å². The van der Waals surface area contributed by atoms with E-state index in [9.17, 15) is 9.59 Å². The van der Waals surface area contributed by atoms with Crippen molar-refractivity contribution in [2.24, 2.45) is 5.92 Å². The molecule has 1 heterocycles. The van der Waals surface area contributed by atoms with Crippen molar-refractivity contribution < 1.29 is 23.8 Å². The van der Waals surface area contributed by atoms with Crippen molar-refractivity contribution in [2.45, 2.75) is 45.6 Å². The summed E-state index contributed by atoms with van der Waals surface area (Å²) < 4.78 is 16.0. The summed E-state index contributed by atoms with van der Waals surface area (Å²) in [5.41, 5.74) is 0.923. The van der Waals surface area contributed by atoms with Crippen molar-refractivity contribution in [3.8, 4) is 5.75 Å². The molecule has 2 rings (SSSR count). The molecule has 27 heavy (non-hydrogen) atoms. The molecule has 1 amide bonds. The molecule has 0 aliphatic carbocycles. The van der Waals surface area contributed by atoms with E-state index in [4.69, 9.17) is 14.2 Å². The van der Waals surface area contributed by atoms with Gasteiger partial charge in [0.2, 0.25) is 5.91 Å². The number of rotatable bonds is 10. The third-order valence-corrected chi connectivity index (χ3v) is 4.48. The molecule has 0 bridgehead atoms. The monoisotopic (exact) mass is 377 g/mol. The van der Waals surface area contributed by atoms with Gasteiger partial charge in [-0.2, -0.15) is 0 Å².